The number of carbonyl (C=O) groups is 1. The molecular formula is C15H10BrFN2OS2. The van der Waals surface area contributed by atoms with E-state index < -0.39 is 5.82 Å². The number of hydrogen-bond acceptors (Lipinski definition) is 4. The molecule has 112 valence electrons. The van der Waals surface area contributed by atoms with Crippen LogP contribution in [0.5, 0.6) is 0 Å². The standard InChI is InChI=1S/C15H10BrFN2OS2/c1-19(13-3-2-10(16)6-11(13)17)15(20)12-8-22-14(18-12)9-4-5-21-7-9/h2-8H,1H3. The zero-order valence-electron chi connectivity index (χ0n) is 11.4. The van der Waals surface area contributed by atoms with Gasteiger partial charge < -0.3 is 4.90 Å². The van der Waals surface area contributed by atoms with E-state index in [0.717, 1.165) is 10.6 Å². The lowest BCUT2D eigenvalue weighted by molar-refractivity contribution is 0.0988. The van der Waals surface area contributed by atoms with Crippen molar-refractivity contribution in [2.45, 2.75) is 0 Å². The lowest BCUT2D eigenvalue weighted by Crippen LogP contribution is -2.27. The van der Waals surface area contributed by atoms with Crippen LogP contribution in [-0.4, -0.2) is 17.9 Å². The third-order valence-electron chi connectivity index (χ3n) is 3.07. The van der Waals surface area contributed by atoms with E-state index in [1.165, 1.54) is 29.4 Å². The molecular weight excluding hydrogens is 387 g/mol. The van der Waals surface area contributed by atoms with Gasteiger partial charge in [-0.2, -0.15) is 11.3 Å². The molecule has 0 unspecified atom stereocenters. The average Bonchev–Trinajstić information content (AvgIpc) is 3.16. The molecule has 22 heavy (non-hydrogen) atoms. The molecule has 0 atom stereocenters. The van der Waals surface area contributed by atoms with Crippen molar-refractivity contribution in [3.05, 3.63) is 56.4 Å². The number of benzene rings is 1. The number of anilines is 1. The van der Waals surface area contributed by atoms with Gasteiger partial charge in [0.15, 0.2) is 0 Å². The average molecular weight is 397 g/mol. The van der Waals surface area contributed by atoms with Crippen molar-refractivity contribution in [1.29, 1.82) is 0 Å². The van der Waals surface area contributed by atoms with E-state index in [2.05, 4.69) is 20.9 Å². The predicted octanol–water partition coefficient (Wildman–Crippen LogP) is 5.05. The second-order valence-corrected chi connectivity index (χ2v) is 7.06. The van der Waals surface area contributed by atoms with E-state index in [1.807, 2.05) is 16.8 Å². The van der Waals surface area contributed by atoms with E-state index in [-0.39, 0.29) is 11.6 Å². The van der Waals surface area contributed by atoms with Crippen LogP contribution in [0.4, 0.5) is 10.1 Å². The monoisotopic (exact) mass is 396 g/mol. The van der Waals surface area contributed by atoms with Crippen LogP contribution in [0.1, 0.15) is 10.5 Å². The first-order valence-electron chi connectivity index (χ1n) is 6.27. The highest BCUT2D eigenvalue weighted by Crippen LogP contribution is 2.28. The molecule has 0 saturated heterocycles. The summed E-state index contributed by atoms with van der Waals surface area (Å²) < 4.78 is 14.6. The molecule has 3 aromatic rings. The molecule has 0 bridgehead atoms. The minimum absolute atomic E-state index is 0.221. The van der Waals surface area contributed by atoms with Crippen LogP contribution in [0.3, 0.4) is 0 Å². The minimum atomic E-state index is -0.460. The predicted molar refractivity (Wildman–Crippen MR) is 92.3 cm³/mol. The van der Waals surface area contributed by atoms with Gasteiger partial charge in [0.2, 0.25) is 0 Å². The fourth-order valence-electron chi connectivity index (χ4n) is 1.93. The van der Waals surface area contributed by atoms with Crippen LogP contribution in [0, 0.1) is 5.82 Å². The molecule has 0 aliphatic heterocycles. The maximum atomic E-state index is 14.0. The molecule has 0 aliphatic rings. The molecule has 2 aromatic heterocycles. The molecule has 0 radical (unpaired) electrons. The number of thiophene rings is 1. The second-order valence-electron chi connectivity index (χ2n) is 4.51. The van der Waals surface area contributed by atoms with Gasteiger partial charge in [0.25, 0.3) is 5.91 Å². The van der Waals surface area contributed by atoms with E-state index >= 15 is 0 Å². The van der Waals surface area contributed by atoms with Gasteiger partial charge in [-0.05, 0) is 29.6 Å². The molecule has 1 aromatic carbocycles. The first kappa shape index (κ1) is 15.3. The number of amides is 1. The van der Waals surface area contributed by atoms with Crippen molar-refractivity contribution >= 4 is 50.2 Å². The molecule has 0 aliphatic carbocycles. The summed E-state index contributed by atoms with van der Waals surface area (Å²) in [5, 5.41) is 6.42. The Morgan fingerprint density at radius 1 is 1.32 bits per heavy atom. The van der Waals surface area contributed by atoms with Gasteiger partial charge in [-0.25, -0.2) is 9.37 Å². The van der Waals surface area contributed by atoms with Crippen molar-refractivity contribution in [1.82, 2.24) is 4.98 Å². The van der Waals surface area contributed by atoms with Crippen LogP contribution >= 0.6 is 38.6 Å². The third-order valence-corrected chi connectivity index (χ3v) is 5.13. The zero-order chi connectivity index (χ0) is 15.7. The summed E-state index contributed by atoms with van der Waals surface area (Å²) >= 11 is 6.18. The van der Waals surface area contributed by atoms with E-state index in [9.17, 15) is 9.18 Å². The third kappa shape index (κ3) is 2.97. The van der Waals surface area contributed by atoms with E-state index in [4.69, 9.17) is 0 Å². The van der Waals surface area contributed by atoms with Gasteiger partial charge in [0.05, 0.1) is 5.69 Å². The Bertz CT molecular complexity index is 817. The lowest BCUT2D eigenvalue weighted by Gasteiger charge is -2.16. The highest BCUT2D eigenvalue weighted by Gasteiger charge is 2.20. The Kier molecular flexibility index (Phi) is 4.37. The molecule has 0 N–H and O–H groups in total. The molecule has 1 amide bonds. The number of carbonyl (C=O) groups excluding carboxylic acids is 1. The largest absolute Gasteiger partial charge is 0.307 e. The van der Waals surface area contributed by atoms with Crippen LogP contribution in [0.25, 0.3) is 10.6 Å². The molecule has 0 spiro atoms. The summed E-state index contributed by atoms with van der Waals surface area (Å²) in [6.07, 6.45) is 0. The van der Waals surface area contributed by atoms with Crippen LogP contribution in [-0.2, 0) is 0 Å². The van der Waals surface area contributed by atoms with Crippen molar-refractivity contribution in [2.24, 2.45) is 0 Å². The fraction of sp³-hybridized carbons (Fsp3) is 0.0667. The lowest BCUT2D eigenvalue weighted by atomic mass is 10.2. The Labute approximate surface area is 143 Å². The Hall–Kier alpha value is -1.57. The topological polar surface area (TPSA) is 33.2 Å². The highest BCUT2D eigenvalue weighted by atomic mass is 79.9. The second kappa shape index (κ2) is 6.28. The smallest absolute Gasteiger partial charge is 0.277 e. The molecule has 0 fully saturated rings. The minimum Gasteiger partial charge on any atom is -0.307 e. The summed E-state index contributed by atoms with van der Waals surface area (Å²) in [5.41, 5.74) is 1.53. The Morgan fingerprint density at radius 3 is 2.82 bits per heavy atom. The molecule has 7 heteroatoms. The summed E-state index contributed by atoms with van der Waals surface area (Å²) in [5.74, 6) is -0.794. The quantitative estimate of drug-likeness (QED) is 0.620. The number of hydrogen-bond donors (Lipinski definition) is 0. The Morgan fingerprint density at radius 2 is 2.14 bits per heavy atom. The van der Waals surface area contributed by atoms with Gasteiger partial charge in [-0.3, -0.25) is 4.79 Å². The number of halogens is 2. The van der Waals surface area contributed by atoms with Gasteiger partial charge in [0.1, 0.15) is 16.5 Å². The van der Waals surface area contributed by atoms with Gasteiger partial charge in [0, 0.05) is 27.8 Å². The SMILES string of the molecule is CN(C(=O)c1csc(-c2ccsc2)n1)c1ccc(Br)cc1F. The first-order valence-corrected chi connectivity index (χ1v) is 8.89. The van der Waals surface area contributed by atoms with Crippen LogP contribution in [0.2, 0.25) is 0 Å². The zero-order valence-corrected chi connectivity index (χ0v) is 14.6. The normalized spacial score (nSPS) is 10.7. The summed E-state index contributed by atoms with van der Waals surface area (Å²) in [4.78, 5) is 18.1. The molecule has 0 saturated carbocycles. The summed E-state index contributed by atoms with van der Waals surface area (Å²) in [6, 6.07) is 6.54. The fourth-order valence-corrected chi connectivity index (χ4v) is 3.76. The summed E-state index contributed by atoms with van der Waals surface area (Å²) in [6.45, 7) is 0. The van der Waals surface area contributed by atoms with Crippen LogP contribution in [0.15, 0.2) is 44.9 Å². The molecule has 2 heterocycles. The number of thiazole rings is 1. The maximum absolute atomic E-state index is 14.0. The Balaban J connectivity index is 1.87. The van der Waals surface area contributed by atoms with Gasteiger partial charge in [-0.1, -0.05) is 15.9 Å². The number of nitrogens with zero attached hydrogens (tertiary/aromatic N) is 2. The van der Waals surface area contributed by atoms with Crippen molar-refractivity contribution in [3.63, 3.8) is 0 Å². The first-order chi connectivity index (χ1) is 10.6. The van der Waals surface area contributed by atoms with Crippen molar-refractivity contribution in [2.75, 3.05) is 11.9 Å². The van der Waals surface area contributed by atoms with E-state index in [0.29, 0.717) is 10.2 Å². The number of rotatable bonds is 3. The van der Waals surface area contributed by atoms with Gasteiger partial charge >= 0.3 is 0 Å². The highest BCUT2D eigenvalue weighted by molar-refractivity contribution is 9.10. The van der Waals surface area contributed by atoms with Gasteiger partial charge in [-0.15, -0.1) is 11.3 Å². The molecule has 3 rings (SSSR count). The number of aromatic nitrogens is 1. The van der Waals surface area contributed by atoms with Crippen molar-refractivity contribution in [3.8, 4) is 10.6 Å². The molecule has 3 nitrogen and oxygen atoms in total. The summed E-state index contributed by atoms with van der Waals surface area (Å²) in [7, 11) is 1.54. The van der Waals surface area contributed by atoms with E-state index in [1.54, 1.807) is 28.8 Å². The maximum Gasteiger partial charge on any atom is 0.277 e. The van der Waals surface area contributed by atoms with Crippen molar-refractivity contribution < 1.29 is 9.18 Å². The van der Waals surface area contributed by atoms with Crippen LogP contribution < -0.4 is 4.90 Å².